The summed E-state index contributed by atoms with van der Waals surface area (Å²) >= 11 is 0. The van der Waals surface area contributed by atoms with Gasteiger partial charge in [0.2, 0.25) is 0 Å². The first-order valence-corrected chi connectivity index (χ1v) is 6.54. The lowest BCUT2D eigenvalue weighted by Crippen LogP contribution is -2.30. The lowest BCUT2D eigenvalue weighted by Gasteiger charge is -2.15. The Hall–Kier alpha value is -3.02. The Balaban J connectivity index is 2.11. The molecule has 0 radical (unpaired) electrons. The van der Waals surface area contributed by atoms with Crippen LogP contribution in [0.25, 0.3) is 0 Å². The third kappa shape index (κ3) is 1.96. The lowest BCUT2D eigenvalue weighted by molar-refractivity contribution is 0.0919. The first-order valence-electron chi connectivity index (χ1n) is 6.54. The summed E-state index contributed by atoms with van der Waals surface area (Å²) in [6.07, 6.45) is 0. The highest BCUT2D eigenvalue weighted by Crippen LogP contribution is 2.30. The maximum atomic E-state index is 14.1. The van der Waals surface area contributed by atoms with Crippen LogP contribution in [0.3, 0.4) is 0 Å². The molecule has 22 heavy (non-hydrogen) atoms. The van der Waals surface area contributed by atoms with E-state index in [1.807, 2.05) is 0 Å². The molecule has 2 aromatic rings. The van der Waals surface area contributed by atoms with Crippen molar-refractivity contribution in [1.29, 1.82) is 0 Å². The standard InChI is InChI=1S/C16H11FN2O3/c1-18-14(20)9-6-7-12(17)13(8-9)19-15(21)10-4-2-3-5-11(10)16(19)22/h2-8H,1H3,(H,18,20). The molecular formula is C16H11FN2O3. The van der Waals surface area contributed by atoms with Crippen LogP contribution in [0.15, 0.2) is 42.5 Å². The SMILES string of the molecule is CNC(=O)c1ccc(F)c(N2C(=O)c3ccccc3C2=O)c1. The van der Waals surface area contributed by atoms with E-state index in [2.05, 4.69) is 5.32 Å². The summed E-state index contributed by atoms with van der Waals surface area (Å²) < 4.78 is 14.1. The van der Waals surface area contributed by atoms with Gasteiger partial charge in [-0.2, -0.15) is 0 Å². The number of carbonyl (C=O) groups is 3. The molecule has 0 saturated carbocycles. The van der Waals surface area contributed by atoms with Gasteiger partial charge in [0.1, 0.15) is 5.82 Å². The molecule has 2 aromatic carbocycles. The first kappa shape index (κ1) is 13.9. The number of rotatable bonds is 2. The first-order chi connectivity index (χ1) is 10.5. The van der Waals surface area contributed by atoms with Crippen molar-refractivity contribution in [2.24, 2.45) is 0 Å². The molecule has 1 aliphatic heterocycles. The molecule has 3 rings (SSSR count). The number of imide groups is 1. The van der Waals surface area contributed by atoms with Gasteiger partial charge in [-0.05, 0) is 30.3 Å². The summed E-state index contributed by atoms with van der Waals surface area (Å²) in [5, 5.41) is 2.41. The molecule has 1 aliphatic rings. The zero-order chi connectivity index (χ0) is 15.9. The summed E-state index contributed by atoms with van der Waals surface area (Å²) in [6.45, 7) is 0. The van der Waals surface area contributed by atoms with Gasteiger partial charge < -0.3 is 5.32 Å². The molecule has 0 aliphatic carbocycles. The molecule has 5 nitrogen and oxygen atoms in total. The van der Waals surface area contributed by atoms with Crippen LogP contribution in [0, 0.1) is 5.82 Å². The maximum absolute atomic E-state index is 14.1. The second-order valence-electron chi connectivity index (χ2n) is 4.74. The molecule has 0 saturated heterocycles. The van der Waals surface area contributed by atoms with Crippen LogP contribution in [-0.2, 0) is 0 Å². The summed E-state index contributed by atoms with van der Waals surface area (Å²) in [6, 6.07) is 9.82. The Morgan fingerprint density at radius 2 is 1.64 bits per heavy atom. The monoisotopic (exact) mass is 298 g/mol. The number of nitrogens with zero attached hydrogens (tertiary/aromatic N) is 1. The zero-order valence-corrected chi connectivity index (χ0v) is 11.6. The summed E-state index contributed by atoms with van der Waals surface area (Å²) in [4.78, 5) is 37.1. The minimum absolute atomic E-state index is 0.162. The average molecular weight is 298 g/mol. The predicted octanol–water partition coefficient (Wildman–Crippen LogP) is 1.99. The van der Waals surface area contributed by atoms with Crippen molar-refractivity contribution in [2.75, 3.05) is 11.9 Å². The second kappa shape index (κ2) is 5.07. The van der Waals surface area contributed by atoms with Crippen molar-refractivity contribution >= 4 is 23.4 Å². The van der Waals surface area contributed by atoms with E-state index in [-0.39, 0.29) is 22.4 Å². The van der Waals surface area contributed by atoms with Crippen LogP contribution < -0.4 is 10.2 Å². The Labute approximate surface area is 125 Å². The van der Waals surface area contributed by atoms with Gasteiger partial charge >= 0.3 is 0 Å². The lowest BCUT2D eigenvalue weighted by atomic mass is 10.1. The molecule has 1 N–H and O–H groups in total. The van der Waals surface area contributed by atoms with Crippen LogP contribution in [-0.4, -0.2) is 24.8 Å². The van der Waals surface area contributed by atoms with E-state index in [0.29, 0.717) is 0 Å². The second-order valence-corrected chi connectivity index (χ2v) is 4.74. The Bertz CT molecular complexity index is 782. The fourth-order valence-electron chi connectivity index (χ4n) is 2.38. The number of amides is 3. The molecule has 1 heterocycles. The number of fused-ring (bicyclic) bond motifs is 1. The van der Waals surface area contributed by atoms with Crippen LogP contribution in [0.4, 0.5) is 10.1 Å². The van der Waals surface area contributed by atoms with Crippen LogP contribution in [0.1, 0.15) is 31.1 Å². The third-order valence-electron chi connectivity index (χ3n) is 3.47. The smallest absolute Gasteiger partial charge is 0.266 e. The largest absolute Gasteiger partial charge is 0.355 e. The van der Waals surface area contributed by atoms with Gasteiger partial charge in [-0.3, -0.25) is 14.4 Å². The van der Waals surface area contributed by atoms with Gasteiger partial charge in [0, 0.05) is 12.6 Å². The molecule has 110 valence electrons. The van der Waals surface area contributed by atoms with Crippen molar-refractivity contribution in [3.05, 3.63) is 65.0 Å². The third-order valence-corrected chi connectivity index (χ3v) is 3.47. The number of hydrogen-bond acceptors (Lipinski definition) is 3. The van der Waals surface area contributed by atoms with E-state index in [1.54, 1.807) is 12.1 Å². The molecular weight excluding hydrogens is 287 g/mol. The van der Waals surface area contributed by atoms with Crippen molar-refractivity contribution in [1.82, 2.24) is 5.32 Å². The van der Waals surface area contributed by atoms with E-state index in [0.717, 1.165) is 11.0 Å². The highest BCUT2D eigenvalue weighted by molar-refractivity contribution is 6.34. The fourth-order valence-corrected chi connectivity index (χ4v) is 2.38. The number of anilines is 1. The normalized spacial score (nSPS) is 13.3. The molecule has 0 spiro atoms. The van der Waals surface area contributed by atoms with Crippen molar-refractivity contribution in [3.63, 3.8) is 0 Å². The highest BCUT2D eigenvalue weighted by atomic mass is 19.1. The number of carbonyl (C=O) groups excluding carboxylic acids is 3. The fraction of sp³-hybridized carbons (Fsp3) is 0.0625. The van der Waals surface area contributed by atoms with E-state index in [1.165, 1.54) is 31.3 Å². The van der Waals surface area contributed by atoms with E-state index in [9.17, 15) is 18.8 Å². The molecule has 0 atom stereocenters. The van der Waals surface area contributed by atoms with E-state index in [4.69, 9.17) is 0 Å². The maximum Gasteiger partial charge on any atom is 0.266 e. The summed E-state index contributed by atoms with van der Waals surface area (Å²) in [5.74, 6) is -2.39. The van der Waals surface area contributed by atoms with Gasteiger partial charge in [-0.15, -0.1) is 0 Å². The minimum Gasteiger partial charge on any atom is -0.355 e. The molecule has 0 fully saturated rings. The highest BCUT2D eigenvalue weighted by Gasteiger charge is 2.37. The molecule has 6 heteroatoms. The molecule has 0 bridgehead atoms. The van der Waals surface area contributed by atoms with Crippen LogP contribution in [0.5, 0.6) is 0 Å². The van der Waals surface area contributed by atoms with E-state index >= 15 is 0 Å². The zero-order valence-electron chi connectivity index (χ0n) is 11.6. The van der Waals surface area contributed by atoms with Crippen LogP contribution >= 0.6 is 0 Å². The van der Waals surface area contributed by atoms with E-state index < -0.39 is 23.5 Å². The van der Waals surface area contributed by atoms with Gasteiger partial charge in [0.25, 0.3) is 17.7 Å². The Morgan fingerprint density at radius 1 is 1.05 bits per heavy atom. The molecule has 0 unspecified atom stereocenters. The van der Waals surface area contributed by atoms with Crippen molar-refractivity contribution < 1.29 is 18.8 Å². The van der Waals surface area contributed by atoms with Gasteiger partial charge in [0.05, 0.1) is 16.8 Å². The van der Waals surface area contributed by atoms with Crippen molar-refractivity contribution in [3.8, 4) is 0 Å². The number of hydrogen-bond donors (Lipinski definition) is 1. The van der Waals surface area contributed by atoms with Crippen LogP contribution in [0.2, 0.25) is 0 Å². The number of nitrogens with one attached hydrogen (secondary N) is 1. The quantitative estimate of drug-likeness (QED) is 0.862. The average Bonchev–Trinajstić information content (AvgIpc) is 2.79. The molecule has 0 aromatic heterocycles. The molecule has 3 amide bonds. The van der Waals surface area contributed by atoms with Gasteiger partial charge in [-0.25, -0.2) is 9.29 Å². The topological polar surface area (TPSA) is 66.5 Å². The summed E-state index contributed by atoms with van der Waals surface area (Å²) in [5.41, 5.74) is 0.372. The Kier molecular flexibility index (Phi) is 3.21. The predicted molar refractivity (Wildman–Crippen MR) is 77.4 cm³/mol. The van der Waals surface area contributed by atoms with Gasteiger partial charge in [0.15, 0.2) is 0 Å². The van der Waals surface area contributed by atoms with Crippen molar-refractivity contribution in [2.45, 2.75) is 0 Å². The number of benzene rings is 2. The minimum atomic E-state index is -0.748. The van der Waals surface area contributed by atoms with Gasteiger partial charge in [-0.1, -0.05) is 12.1 Å². The summed E-state index contributed by atoms with van der Waals surface area (Å²) in [7, 11) is 1.44. The Morgan fingerprint density at radius 3 is 2.18 bits per heavy atom. The number of halogens is 1.